The van der Waals surface area contributed by atoms with E-state index < -0.39 is 0 Å². The third-order valence-corrected chi connectivity index (χ3v) is 5.72. The van der Waals surface area contributed by atoms with Gasteiger partial charge in [0.25, 0.3) is 0 Å². The maximum Gasteiger partial charge on any atom is 0.0180 e. The van der Waals surface area contributed by atoms with Crippen molar-refractivity contribution in [1.82, 2.24) is 10.2 Å². The Bertz CT molecular complexity index is 247. The number of nitrogens with one attached hydrogen (secondary N) is 1. The van der Waals surface area contributed by atoms with Gasteiger partial charge >= 0.3 is 0 Å². The Morgan fingerprint density at radius 3 is 2.53 bits per heavy atom. The van der Waals surface area contributed by atoms with Crippen LogP contribution in [0.15, 0.2) is 0 Å². The molecule has 0 saturated heterocycles. The molecule has 0 aromatic rings. The molecule has 1 fully saturated rings. The van der Waals surface area contributed by atoms with Gasteiger partial charge in [-0.2, -0.15) is 11.8 Å². The molecule has 0 aromatic heterocycles. The van der Waals surface area contributed by atoms with Gasteiger partial charge in [0.2, 0.25) is 0 Å². The Kier molecular flexibility index (Phi) is 7.78. The standard InChI is InChI=1S/C16H34N2S/c1-7-14(11-19-6)18(5)10-15-13(3)8-12(2)9-16(15)17-4/h12-17H,7-11H2,1-6H3. The fourth-order valence-corrected chi connectivity index (χ4v) is 4.66. The van der Waals surface area contributed by atoms with Crippen LogP contribution in [0.3, 0.4) is 0 Å². The van der Waals surface area contributed by atoms with Crippen LogP contribution in [0, 0.1) is 17.8 Å². The molecule has 0 aromatic carbocycles. The van der Waals surface area contributed by atoms with Gasteiger partial charge in [-0.1, -0.05) is 20.8 Å². The Morgan fingerprint density at radius 1 is 1.32 bits per heavy atom. The number of rotatable bonds is 7. The summed E-state index contributed by atoms with van der Waals surface area (Å²) in [5.41, 5.74) is 0. The molecule has 0 aliphatic heterocycles. The minimum absolute atomic E-state index is 0.702. The van der Waals surface area contributed by atoms with E-state index >= 15 is 0 Å². The van der Waals surface area contributed by atoms with Crippen molar-refractivity contribution >= 4 is 11.8 Å². The highest BCUT2D eigenvalue weighted by Gasteiger charge is 2.34. The minimum atomic E-state index is 0.702. The normalized spacial score (nSPS) is 33.6. The van der Waals surface area contributed by atoms with Crippen LogP contribution < -0.4 is 5.32 Å². The van der Waals surface area contributed by atoms with E-state index in [1.165, 1.54) is 31.6 Å². The van der Waals surface area contributed by atoms with Gasteiger partial charge in [-0.3, -0.25) is 0 Å². The summed E-state index contributed by atoms with van der Waals surface area (Å²) in [4.78, 5) is 2.61. The summed E-state index contributed by atoms with van der Waals surface area (Å²) in [6, 6.07) is 1.44. The van der Waals surface area contributed by atoms with Gasteiger partial charge in [-0.15, -0.1) is 0 Å². The second-order valence-corrected chi connectivity index (χ2v) is 7.48. The second-order valence-electron chi connectivity index (χ2n) is 6.57. The van der Waals surface area contributed by atoms with Crippen molar-refractivity contribution in [3.05, 3.63) is 0 Å². The smallest absolute Gasteiger partial charge is 0.0180 e. The lowest BCUT2D eigenvalue weighted by molar-refractivity contribution is 0.101. The van der Waals surface area contributed by atoms with Gasteiger partial charge in [0.1, 0.15) is 0 Å². The molecule has 5 unspecified atom stereocenters. The Balaban J connectivity index is 2.61. The molecule has 2 nitrogen and oxygen atoms in total. The highest BCUT2D eigenvalue weighted by molar-refractivity contribution is 7.98. The predicted molar refractivity (Wildman–Crippen MR) is 89.0 cm³/mol. The van der Waals surface area contributed by atoms with Crippen molar-refractivity contribution in [3.63, 3.8) is 0 Å². The highest BCUT2D eigenvalue weighted by atomic mass is 32.2. The summed E-state index contributed by atoms with van der Waals surface area (Å²) in [7, 11) is 4.46. The maximum atomic E-state index is 3.58. The third-order valence-electron chi connectivity index (χ3n) is 5.00. The molecule has 0 spiro atoms. The Morgan fingerprint density at radius 2 is 2.00 bits per heavy atom. The summed E-state index contributed by atoms with van der Waals surface area (Å²) >= 11 is 1.98. The van der Waals surface area contributed by atoms with E-state index in [1.807, 2.05) is 11.8 Å². The van der Waals surface area contributed by atoms with E-state index in [-0.39, 0.29) is 0 Å². The molecule has 0 amide bonds. The number of nitrogens with zero attached hydrogens (tertiary/aromatic N) is 1. The maximum absolute atomic E-state index is 3.58. The quantitative estimate of drug-likeness (QED) is 0.773. The topological polar surface area (TPSA) is 15.3 Å². The van der Waals surface area contributed by atoms with Gasteiger partial charge in [-0.05, 0) is 57.4 Å². The first-order chi connectivity index (χ1) is 9.03. The largest absolute Gasteiger partial charge is 0.317 e. The zero-order chi connectivity index (χ0) is 14.4. The average molecular weight is 287 g/mol. The summed E-state index contributed by atoms with van der Waals surface area (Å²) in [6.45, 7) is 8.43. The first kappa shape index (κ1) is 17.3. The molecule has 5 atom stereocenters. The molecule has 114 valence electrons. The molecule has 1 saturated carbocycles. The molecule has 0 heterocycles. The van der Waals surface area contributed by atoms with E-state index in [2.05, 4.69) is 51.3 Å². The van der Waals surface area contributed by atoms with Crippen molar-refractivity contribution in [2.24, 2.45) is 17.8 Å². The Labute approximate surface area is 125 Å². The molecule has 1 aliphatic rings. The van der Waals surface area contributed by atoms with E-state index in [0.717, 1.165) is 23.8 Å². The summed E-state index contributed by atoms with van der Waals surface area (Å²) in [5, 5.41) is 3.58. The van der Waals surface area contributed by atoms with Crippen LogP contribution in [0.5, 0.6) is 0 Å². The van der Waals surface area contributed by atoms with Crippen LogP contribution in [-0.2, 0) is 0 Å². The van der Waals surface area contributed by atoms with Crippen LogP contribution in [-0.4, -0.2) is 49.6 Å². The number of thioether (sulfide) groups is 1. The van der Waals surface area contributed by atoms with Crippen molar-refractivity contribution in [1.29, 1.82) is 0 Å². The van der Waals surface area contributed by atoms with Gasteiger partial charge in [0, 0.05) is 24.4 Å². The molecule has 19 heavy (non-hydrogen) atoms. The molecule has 3 heteroatoms. The van der Waals surface area contributed by atoms with E-state index in [9.17, 15) is 0 Å². The van der Waals surface area contributed by atoms with Crippen molar-refractivity contribution in [2.45, 2.75) is 52.1 Å². The minimum Gasteiger partial charge on any atom is -0.317 e. The zero-order valence-electron chi connectivity index (χ0n) is 13.8. The van der Waals surface area contributed by atoms with Crippen molar-refractivity contribution in [2.75, 3.05) is 32.6 Å². The average Bonchev–Trinajstić information content (AvgIpc) is 2.38. The van der Waals surface area contributed by atoms with E-state index in [1.54, 1.807) is 0 Å². The SMILES string of the molecule is CCC(CSC)N(C)CC1C(C)CC(C)CC1NC. The molecular weight excluding hydrogens is 252 g/mol. The summed E-state index contributed by atoms with van der Waals surface area (Å²) < 4.78 is 0. The van der Waals surface area contributed by atoms with Crippen LogP contribution >= 0.6 is 11.8 Å². The summed E-state index contributed by atoms with van der Waals surface area (Å²) in [5.74, 6) is 3.79. The van der Waals surface area contributed by atoms with Crippen molar-refractivity contribution < 1.29 is 0 Å². The molecule has 0 bridgehead atoms. The van der Waals surface area contributed by atoms with Crippen LogP contribution in [0.4, 0.5) is 0 Å². The monoisotopic (exact) mass is 286 g/mol. The molecule has 1 N–H and O–H groups in total. The molecule has 0 radical (unpaired) electrons. The van der Waals surface area contributed by atoms with Crippen LogP contribution in [0.1, 0.15) is 40.0 Å². The predicted octanol–water partition coefficient (Wildman–Crippen LogP) is 3.33. The zero-order valence-corrected chi connectivity index (χ0v) is 14.6. The van der Waals surface area contributed by atoms with E-state index in [4.69, 9.17) is 0 Å². The lowest BCUT2D eigenvalue weighted by Crippen LogP contribution is -2.49. The van der Waals surface area contributed by atoms with Crippen LogP contribution in [0.25, 0.3) is 0 Å². The molecule has 1 aliphatic carbocycles. The first-order valence-corrected chi connectivity index (χ1v) is 9.29. The highest BCUT2D eigenvalue weighted by Crippen LogP contribution is 2.34. The Hall–Kier alpha value is 0.270. The van der Waals surface area contributed by atoms with Crippen molar-refractivity contribution in [3.8, 4) is 0 Å². The number of hydrogen-bond acceptors (Lipinski definition) is 3. The lowest BCUT2D eigenvalue weighted by Gasteiger charge is -2.42. The van der Waals surface area contributed by atoms with Gasteiger partial charge < -0.3 is 10.2 Å². The summed E-state index contributed by atoms with van der Waals surface area (Å²) in [6.07, 6.45) is 6.23. The first-order valence-electron chi connectivity index (χ1n) is 7.89. The fraction of sp³-hybridized carbons (Fsp3) is 1.00. The third kappa shape index (κ3) is 4.95. The lowest BCUT2D eigenvalue weighted by atomic mass is 9.72. The molecular formula is C16H34N2S. The van der Waals surface area contributed by atoms with Gasteiger partial charge in [0.05, 0.1) is 0 Å². The molecule has 1 rings (SSSR count). The van der Waals surface area contributed by atoms with Gasteiger partial charge in [-0.25, -0.2) is 0 Å². The van der Waals surface area contributed by atoms with Crippen LogP contribution in [0.2, 0.25) is 0 Å². The second kappa shape index (κ2) is 8.53. The fourth-order valence-electron chi connectivity index (χ4n) is 3.78. The van der Waals surface area contributed by atoms with Gasteiger partial charge in [0.15, 0.2) is 0 Å². The van der Waals surface area contributed by atoms with E-state index in [0.29, 0.717) is 6.04 Å². The number of hydrogen-bond donors (Lipinski definition) is 1.